The maximum absolute atomic E-state index is 11.4. The van der Waals surface area contributed by atoms with E-state index in [2.05, 4.69) is 13.8 Å². The van der Waals surface area contributed by atoms with Gasteiger partial charge in [0.25, 0.3) is 0 Å². The van der Waals surface area contributed by atoms with Gasteiger partial charge in [-0.1, -0.05) is 33.1 Å². The number of quaternary nitrogens is 1. The lowest BCUT2D eigenvalue weighted by Crippen LogP contribution is -2.46. The van der Waals surface area contributed by atoms with E-state index in [0.717, 1.165) is 4.13 Å². The molecule has 0 aromatic rings. The summed E-state index contributed by atoms with van der Waals surface area (Å²) >= 11 is 0. The van der Waals surface area contributed by atoms with Crippen molar-refractivity contribution in [1.29, 1.82) is 0 Å². The minimum absolute atomic E-state index is 0.778. The second kappa shape index (κ2) is 11.9. The minimum Gasteiger partial charge on any atom is -0.421 e. The summed E-state index contributed by atoms with van der Waals surface area (Å²) in [6.45, 7) is 10.5. The van der Waals surface area contributed by atoms with Crippen LogP contribution in [0.3, 0.4) is 0 Å². The quantitative estimate of drug-likeness (QED) is 0.243. The van der Waals surface area contributed by atoms with E-state index in [9.17, 15) is 43.2 Å². The standard InChI is InChI=1S/C14H30N.C2F6NO4S2/c1-3-5-6-7-8-12-15(11-4-2)13-9-10-14-15;3-1(4,5)14(10,11)9-15(12,13)2(6,7)8/h3-14H2,1-2H3;/q+1;-1. The number of hydrogen-bond donors (Lipinski definition) is 0. The van der Waals surface area contributed by atoms with Gasteiger partial charge in [0.05, 0.1) is 26.2 Å². The van der Waals surface area contributed by atoms with Gasteiger partial charge in [0.1, 0.15) is 0 Å². The fourth-order valence-electron chi connectivity index (χ4n) is 3.30. The average molecular weight is 493 g/mol. The molecule has 30 heavy (non-hydrogen) atoms. The molecule has 6 nitrogen and oxygen atoms in total. The second-order valence-electron chi connectivity index (χ2n) is 7.27. The number of nitrogens with zero attached hydrogens (tertiary/aromatic N) is 2. The minimum atomic E-state index is -6.72. The van der Waals surface area contributed by atoms with Crippen molar-refractivity contribution in [1.82, 2.24) is 0 Å². The lowest BCUT2D eigenvalue weighted by atomic mass is 10.1. The molecule has 0 unspecified atom stereocenters. The molecule has 0 amide bonds. The first-order valence-electron chi connectivity index (χ1n) is 9.75. The van der Waals surface area contributed by atoms with Crippen molar-refractivity contribution in [3.05, 3.63) is 4.13 Å². The summed E-state index contributed by atoms with van der Waals surface area (Å²) in [5.41, 5.74) is -12.4. The second-order valence-corrected chi connectivity index (χ2v) is 10.7. The van der Waals surface area contributed by atoms with E-state index in [1.807, 2.05) is 0 Å². The van der Waals surface area contributed by atoms with Crippen LogP contribution in [0, 0.1) is 0 Å². The van der Waals surface area contributed by atoms with Crippen LogP contribution in [0.4, 0.5) is 26.3 Å². The zero-order chi connectivity index (χ0) is 23.7. The Morgan fingerprint density at radius 3 is 1.50 bits per heavy atom. The number of unbranched alkanes of at least 4 members (excludes halogenated alkanes) is 4. The molecular weight excluding hydrogens is 462 g/mol. The van der Waals surface area contributed by atoms with Gasteiger partial charge in [-0.3, -0.25) is 0 Å². The van der Waals surface area contributed by atoms with Crippen molar-refractivity contribution in [2.75, 3.05) is 26.2 Å². The van der Waals surface area contributed by atoms with E-state index in [1.165, 1.54) is 82.0 Å². The van der Waals surface area contributed by atoms with Crippen LogP contribution in [0.1, 0.15) is 65.2 Å². The van der Waals surface area contributed by atoms with Crippen LogP contribution >= 0.6 is 0 Å². The highest BCUT2D eigenvalue weighted by Crippen LogP contribution is 2.36. The van der Waals surface area contributed by atoms with E-state index >= 15 is 0 Å². The van der Waals surface area contributed by atoms with Crippen molar-refractivity contribution in [3.63, 3.8) is 0 Å². The molecule has 0 bridgehead atoms. The van der Waals surface area contributed by atoms with E-state index in [1.54, 1.807) is 0 Å². The van der Waals surface area contributed by atoms with Crippen molar-refractivity contribution in [2.24, 2.45) is 0 Å². The fraction of sp³-hybridized carbons (Fsp3) is 1.00. The average Bonchev–Trinajstić information content (AvgIpc) is 3.01. The zero-order valence-corrected chi connectivity index (χ0v) is 18.7. The van der Waals surface area contributed by atoms with Crippen LogP contribution in [0.25, 0.3) is 4.13 Å². The monoisotopic (exact) mass is 492 g/mol. The Bertz CT molecular complexity index is 658. The van der Waals surface area contributed by atoms with Gasteiger partial charge in [0.2, 0.25) is 0 Å². The number of halogens is 6. The molecular formula is C16H30F6N2O4S2. The van der Waals surface area contributed by atoms with E-state index in [-0.39, 0.29) is 0 Å². The highest BCUT2D eigenvalue weighted by atomic mass is 32.3. The number of sulfonamides is 2. The zero-order valence-electron chi connectivity index (χ0n) is 17.1. The highest BCUT2D eigenvalue weighted by molar-refractivity contribution is 8.13. The first-order valence-corrected chi connectivity index (χ1v) is 12.6. The summed E-state index contributed by atoms with van der Waals surface area (Å²) in [4.78, 5) is 0. The predicted molar refractivity (Wildman–Crippen MR) is 101 cm³/mol. The van der Waals surface area contributed by atoms with Gasteiger partial charge in [-0.25, -0.2) is 16.8 Å². The molecule has 1 aliphatic heterocycles. The molecule has 0 aromatic heterocycles. The lowest BCUT2D eigenvalue weighted by Gasteiger charge is -2.34. The number of alkyl halides is 6. The van der Waals surface area contributed by atoms with Gasteiger partial charge in [0, 0.05) is 12.8 Å². The van der Waals surface area contributed by atoms with Gasteiger partial charge in [-0.05, 0) is 19.3 Å². The van der Waals surface area contributed by atoms with Gasteiger partial charge < -0.3 is 8.61 Å². The Hall–Kier alpha value is -0.600. The number of likely N-dealkylation sites (tertiary alicyclic amines) is 1. The third-order valence-electron chi connectivity index (χ3n) is 4.73. The molecule has 1 fully saturated rings. The van der Waals surface area contributed by atoms with Crippen LogP contribution in [0.15, 0.2) is 0 Å². The molecule has 14 heteroatoms. The first kappa shape index (κ1) is 29.4. The van der Waals surface area contributed by atoms with E-state index < -0.39 is 31.1 Å². The summed E-state index contributed by atoms with van der Waals surface area (Å²) in [6.07, 6.45) is 11.5. The molecule has 0 atom stereocenters. The van der Waals surface area contributed by atoms with Gasteiger partial charge in [-0.2, -0.15) is 26.3 Å². The molecule has 0 N–H and O–H groups in total. The molecule has 0 aromatic carbocycles. The largest absolute Gasteiger partial charge is 0.480 e. The summed E-state index contributed by atoms with van der Waals surface area (Å²) in [6, 6.07) is 0. The Kier molecular flexibility index (Phi) is 11.6. The van der Waals surface area contributed by atoms with E-state index in [0.29, 0.717) is 0 Å². The van der Waals surface area contributed by atoms with Crippen LogP contribution in [0.5, 0.6) is 0 Å². The maximum Gasteiger partial charge on any atom is 0.480 e. The number of hydrogen-bond acceptors (Lipinski definition) is 4. The lowest BCUT2D eigenvalue weighted by molar-refractivity contribution is -0.917. The molecule has 1 aliphatic rings. The Labute approximate surface area is 174 Å². The summed E-state index contributed by atoms with van der Waals surface area (Å²) in [5, 5.41) is 0. The molecule has 1 heterocycles. The van der Waals surface area contributed by atoms with Crippen LogP contribution in [-0.2, 0) is 20.0 Å². The smallest absolute Gasteiger partial charge is 0.421 e. The Balaban J connectivity index is 0.000000561. The van der Waals surface area contributed by atoms with Crippen LogP contribution in [-0.4, -0.2) is 58.5 Å². The van der Waals surface area contributed by atoms with Gasteiger partial charge in [0.15, 0.2) is 20.0 Å². The SMILES string of the molecule is CCCCCCC[N+]1(CCC)CCCC1.O=S(=O)([N-]S(=O)(=O)C(F)(F)F)C(F)(F)F. The first-order chi connectivity index (χ1) is 13.5. The van der Waals surface area contributed by atoms with Gasteiger partial charge >= 0.3 is 11.0 Å². The number of rotatable bonds is 10. The molecule has 0 aliphatic carbocycles. The van der Waals surface area contributed by atoms with E-state index in [4.69, 9.17) is 0 Å². The van der Waals surface area contributed by atoms with Crippen molar-refractivity contribution < 1.29 is 47.7 Å². The summed E-state index contributed by atoms with van der Waals surface area (Å²) in [5.74, 6) is 0. The summed E-state index contributed by atoms with van der Waals surface area (Å²) < 4.78 is 111. The molecule has 1 rings (SSSR count). The normalized spacial score (nSPS) is 17.5. The molecule has 0 spiro atoms. The fourth-order valence-corrected chi connectivity index (χ4v) is 5.01. The predicted octanol–water partition coefficient (Wildman–Crippen LogP) is 5.04. The molecule has 0 saturated carbocycles. The molecule has 1 saturated heterocycles. The molecule has 0 radical (unpaired) electrons. The van der Waals surface area contributed by atoms with Crippen molar-refractivity contribution in [2.45, 2.75) is 76.2 Å². The van der Waals surface area contributed by atoms with Crippen molar-refractivity contribution in [3.8, 4) is 0 Å². The van der Waals surface area contributed by atoms with Crippen LogP contribution in [0.2, 0.25) is 0 Å². The Morgan fingerprint density at radius 1 is 0.700 bits per heavy atom. The third kappa shape index (κ3) is 9.69. The van der Waals surface area contributed by atoms with Crippen LogP contribution < -0.4 is 0 Å². The maximum atomic E-state index is 11.4. The summed E-state index contributed by atoms with van der Waals surface area (Å²) in [7, 11) is -13.4. The van der Waals surface area contributed by atoms with Gasteiger partial charge in [-0.15, -0.1) is 0 Å². The third-order valence-corrected chi connectivity index (χ3v) is 7.47. The highest BCUT2D eigenvalue weighted by Gasteiger charge is 2.46. The Morgan fingerprint density at radius 2 is 1.13 bits per heavy atom. The molecule has 182 valence electrons. The van der Waals surface area contributed by atoms with Crippen molar-refractivity contribution >= 4 is 20.0 Å². The topological polar surface area (TPSA) is 82.4 Å².